The summed E-state index contributed by atoms with van der Waals surface area (Å²) in [4.78, 5) is 12.5. The Labute approximate surface area is 178 Å². The Morgan fingerprint density at radius 2 is 1.97 bits per heavy atom. The number of hydrogen-bond acceptors (Lipinski definition) is 6. The van der Waals surface area contributed by atoms with E-state index in [9.17, 15) is 4.79 Å². The molecule has 0 saturated heterocycles. The number of amides is 1. The largest absolute Gasteiger partial charge is 0.490 e. The van der Waals surface area contributed by atoms with Crippen molar-refractivity contribution in [2.45, 2.75) is 6.92 Å². The maximum atomic E-state index is 12.5. The highest BCUT2D eigenvalue weighted by molar-refractivity contribution is 6.08. The van der Waals surface area contributed by atoms with Gasteiger partial charge in [0.15, 0.2) is 23.9 Å². The zero-order valence-corrected chi connectivity index (χ0v) is 16.8. The number of benzene rings is 3. The first-order valence-electron chi connectivity index (χ1n) is 9.71. The number of nitriles is 1. The van der Waals surface area contributed by atoms with Gasteiger partial charge in [0.25, 0.3) is 0 Å². The standard InChI is InChI=1S/C24H19N3O4/c1-2-29-22-13-16(7-9-21(22)30-12-11-25)15-26-27-24(28)23-14-19-18-6-4-3-5-17(18)8-10-20(19)31-23/h3-10,13-15H,2,12H2,1H3,(H,27,28). The fraction of sp³-hybridized carbons (Fsp3) is 0.125. The number of carbonyl (C=O) groups is 1. The molecule has 1 aromatic heterocycles. The number of rotatable bonds is 7. The van der Waals surface area contributed by atoms with Crippen molar-refractivity contribution in [2.75, 3.05) is 13.2 Å². The van der Waals surface area contributed by atoms with Crippen LogP contribution >= 0.6 is 0 Å². The summed E-state index contributed by atoms with van der Waals surface area (Å²) in [6, 6.07) is 20.5. The summed E-state index contributed by atoms with van der Waals surface area (Å²) in [6.45, 7) is 2.23. The topological polar surface area (TPSA) is 96.8 Å². The van der Waals surface area contributed by atoms with Gasteiger partial charge in [-0.1, -0.05) is 30.3 Å². The normalized spacial score (nSPS) is 11.0. The van der Waals surface area contributed by atoms with Gasteiger partial charge in [0.05, 0.1) is 12.8 Å². The molecule has 0 unspecified atom stereocenters. The van der Waals surface area contributed by atoms with Crippen LogP contribution in [0, 0.1) is 11.3 Å². The van der Waals surface area contributed by atoms with Crippen LogP contribution in [0.25, 0.3) is 21.7 Å². The van der Waals surface area contributed by atoms with Crippen LogP contribution in [0.1, 0.15) is 23.0 Å². The second-order valence-electron chi connectivity index (χ2n) is 6.59. The maximum Gasteiger partial charge on any atom is 0.307 e. The molecule has 7 nitrogen and oxygen atoms in total. The van der Waals surface area contributed by atoms with E-state index in [0.29, 0.717) is 29.3 Å². The molecule has 1 heterocycles. The molecule has 154 valence electrons. The third-order valence-electron chi connectivity index (χ3n) is 4.59. The maximum absolute atomic E-state index is 12.5. The van der Waals surface area contributed by atoms with Crippen molar-refractivity contribution < 1.29 is 18.7 Å². The van der Waals surface area contributed by atoms with Gasteiger partial charge in [-0.2, -0.15) is 10.4 Å². The van der Waals surface area contributed by atoms with E-state index < -0.39 is 5.91 Å². The lowest BCUT2D eigenvalue weighted by Gasteiger charge is -2.10. The van der Waals surface area contributed by atoms with Gasteiger partial charge in [0.1, 0.15) is 11.7 Å². The third kappa shape index (κ3) is 4.33. The highest BCUT2D eigenvalue weighted by Gasteiger charge is 2.13. The van der Waals surface area contributed by atoms with Gasteiger partial charge in [-0.15, -0.1) is 0 Å². The molecule has 0 fully saturated rings. The lowest BCUT2D eigenvalue weighted by molar-refractivity contribution is 0.0929. The lowest BCUT2D eigenvalue weighted by atomic mass is 10.1. The Morgan fingerprint density at radius 3 is 2.81 bits per heavy atom. The summed E-state index contributed by atoms with van der Waals surface area (Å²) in [5.41, 5.74) is 3.82. The average molecular weight is 413 g/mol. The summed E-state index contributed by atoms with van der Waals surface area (Å²) in [5.74, 6) is 0.700. The predicted molar refractivity (Wildman–Crippen MR) is 117 cm³/mol. The van der Waals surface area contributed by atoms with E-state index in [1.807, 2.05) is 49.4 Å². The van der Waals surface area contributed by atoms with Crippen LogP contribution in [-0.4, -0.2) is 25.3 Å². The molecule has 0 aliphatic heterocycles. The van der Waals surface area contributed by atoms with Crippen LogP contribution in [0.4, 0.5) is 0 Å². The van der Waals surface area contributed by atoms with Gasteiger partial charge in [-0.05, 0) is 53.6 Å². The van der Waals surface area contributed by atoms with E-state index in [1.165, 1.54) is 6.21 Å². The van der Waals surface area contributed by atoms with Crippen molar-refractivity contribution in [1.29, 1.82) is 5.26 Å². The van der Waals surface area contributed by atoms with Gasteiger partial charge in [-0.3, -0.25) is 4.79 Å². The summed E-state index contributed by atoms with van der Waals surface area (Å²) in [7, 11) is 0. The highest BCUT2D eigenvalue weighted by atomic mass is 16.5. The molecule has 0 bridgehead atoms. The molecule has 0 saturated carbocycles. The first-order valence-corrected chi connectivity index (χ1v) is 9.71. The number of hydrazone groups is 1. The smallest absolute Gasteiger partial charge is 0.307 e. The predicted octanol–water partition coefficient (Wildman–Crippen LogP) is 4.65. The van der Waals surface area contributed by atoms with E-state index in [-0.39, 0.29) is 12.4 Å². The zero-order chi connectivity index (χ0) is 21.6. The van der Waals surface area contributed by atoms with Crippen molar-refractivity contribution in [2.24, 2.45) is 5.10 Å². The Bertz CT molecular complexity index is 1320. The summed E-state index contributed by atoms with van der Waals surface area (Å²) in [6.07, 6.45) is 1.49. The zero-order valence-electron chi connectivity index (χ0n) is 16.8. The van der Waals surface area contributed by atoms with Crippen LogP contribution in [0.15, 0.2) is 70.2 Å². The molecule has 7 heteroatoms. The molecule has 1 N–H and O–H groups in total. The molecular formula is C24H19N3O4. The second-order valence-corrected chi connectivity index (χ2v) is 6.59. The van der Waals surface area contributed by atoms with Crippen LogP contribution < -0.4 is 14.9 Å². The van der Waals surface area contributed by atoms with Crippen molar-refractivity contribution in [1.82, 2.24) is 5.43 Å². The fourth-order valence-corrected chi connectivity index (χ4v) is 3.23. The minimum absolute atomic E-state index is 0.0731. The van der Waals surface area contributed by atoms with Gasteiger partial charge in [-0.25, -0.2) is 5.43 Å². The van der Waals surface area contributed by atoms with E-state index >= 15 is 0 Å². The van der Waals surface area contributed by atoms with E-state index in [1.54, 1.807) is 24.3 Å². The Kier molecular flexibility index (Phi) is 5.81. The van der Waals surface area contributed by atoms with Crippen LogP contribution in [0.5, 0.6) is 11.5 Å². The van der Waals surface area contributed by atoms with E-state index in [4.69, 9.17) is 19.2 Å². The van der Waals surface area contributed by atoms with Gasteiger partial charge < -0.3 is 13.9 Å². The van der Waals surface area contributed by atoms with Gasteiger partial charge >= 0.3 is 5.91 Å². The molecule has 1 amide bonds. The third-order valence-corrected chi connectivity index (χ3v) is 4.59. The quantitative estimate of drug-likeness (QED) is 0.351. The SMILES string of the molecule is CCOc1cc(C=NNC(=O)c2cc3c(ccc4ccccc43)o2)ccc1OCC#N. The van der Waals surface area contributed by atoms with Crippen LogP contribution in [0.2, 0.25) is 0 Å². The fourth-order valence-electron chi connectivity index (χ4n) is 3.23. The molecule has 0 atom stereocenters. The van der Waals surface area contributed by atoms with Crippen molar-refractivity contribution in [3.8, 4) is 17.6 Å². The number of furan rings is 1. The molecule has 4 rings (SSSR count). The number of fused-ring (bicyclic) bond motifs is 3. The first-order chi connectivity index (χ1) is 15.2. The van der Waals surface area contributed by atoms with E-state index in [2.05, 4.69) is 10.5 Å². The molecule has 3 aromatic carbocycles. The van der Waals surface area contributed by atoms with Crippen molar-refractivity contribution in [3.05, 3.63) is 72.0 Å². The van der Waals surface area contributed by atoms with Gasteiger partial charge in [0, 0.05) is 5.39 Å². The van der Waals surface area contributed by atoms with Crippen LogP contribution in [0.3, 0.4) is 0 Å². The first kappa shape index (κ1) is 20.0. The molecule has 4 aromatic rings. The summed E-state index contributed by atoms with van der Waals surface area (Å²) in [5, 5.41) is 15.7. The number of nitrogens with zero attached hydrogens (tertiary/aromatic N) is 2. The second kappa shape index (κ2) is 9.01. The number of nitrogens with one attached hydrogen (secondary N) is 1. The number of hydrogen-bond donors (Lipinski definition) is 1. The molecule has 0 radical (unpaired) electrons. The number of ether oxygens (including phenoxy) is 2. The minimum Gasteiger partial charge on any atom is -0.490 e. The Balaban J connectivity index is 1.50. The molecule has 0 spiro atoms. The molecule has 31 heavy (non-hydrogen) atoms. The van der Waals surface area contributed by atoms with E-state index in [0.717, 1.165) is 16.2 Å². The molecule has 0 aliphatic rings. The summed E-state index contributed by atoms with van der Waals surface area (Å²) < 4.78 is 16.6. The number of carbonyl (C=O) groups excluding carboxylic acids is 1. The minimum atomic E-state index is -0.449. The Morgan fingerprint density at radius 1 is 1.10 bits per heavy atom. The van der Waals surface area contributed by atoms with Crippen molar-refractivity contribution >= 4 is 33.9 Å². The summed E-state index contributed by atoms with van der Waals surface area (Å²) >= 11 is 0. The lowest BCUT2D eigenvalue weighted by Crippen LogP contribution is -2.16. The average Bonchev–Trinajstić information content (AvgIpc) is 3.24. The van der Waals surface area contributed by atoms with Gasteiger partial charge in [0.2, 0.25) is 0 Å². The Hall–Kier alpha value is -4.31. The monoisotopic (exact) mass is 413 g/mol. The highest BCUT2D eigenvalue weighted by Crippen LogP contribution is 2.29. The molecular weight excluding hydrogens is 394 g/mol. The van der Waals surface area contributed by atoms with Crippen molar-refractivity contribution in [3.63, 3.8) is 0 Å². The van der Waals surface area contributed by atoms with Crippen LogP contribution in [-0.2, 0) is 0 Å². The molecule has 0 aliphatic carbocycles.